The van der Waals surface area contributed by atoms with Gasteiger partial charge < -0.3 is 10.2 Å². The normalized spacial score (nSPS) is 24.2. The van der Waals surface area contributed by atoms with Crippen molar-refractivity contribution in [3.05, 3.63) is 29.8 Å². The highest BCUT2D eigenvalue weighted by Crippen LogP contribution is 2.31. The Morgan fingerprint density at radius 2 is 1.95 bits per heavy atom. The number of anilines is 1. The molecule has 2 aliphatic rings. The summed E-state index contributed by atoms with van der Waals surface area (Å²) in [6.45, 7) is 5.70. The van der Waals surface area contributed by atoms with Crippen LogP contribution >= 0.6 is 0 Å². The van der Waals surface area contributed by atoms with E-state index in [4.69, 9.17) is 0 Å². The average Bonchev–Trinajstić information content (AvgIpc) is 2.69. The lowest BCUT2D eigenvalue weighted by atomic mass is 9.83. The number of nitrogens with one attached hydrogen (secondary N) is 1. The molecule has 0 bridgehead atoms. The molecule has 0 amide bonds. The Morgan fingerprint density at radius 3 is 2.75 bits per heavy atom. The number of fused-ring (bicyclic) bond motifs is 1. The first kappa shape index (κ1) is 13.9. The highest BCUT2D eigenvalue weighted by atomic mass is 15.2. The molecule has 1 fully saturated rings. The Balaban J connectivity index is 1.78. The van der Waals surface area contributed by atoms with Crippen molar-refractivity contribution in [3.8, 4) is 0 Å². The van der Waals surface area contributed by atoms with E-state index in [2.05, 4.69) is 41.4 Å². The minimum atomic E-state index is 0.675. The predicted octanol–water partition coefficient (Wildman–Crippen LogP) is 3.96. The number of benzene rings is 1. The van der Waals surface area contributed by atoms with Gasteiger partial charge in [0.15, 0.2) is 0 Å². The van der Waals surface area contributed by atoms with Crippen LogP contribution < -0.4 is 10.2 Å². The molecule has 20 heavy (non-hydrogen) atoms. The Labute approximate surface area is 123 Å². The molecule has 1 saturated carbocycles. The summed E-state index contributed by atoms with van der Waals surface area (Å²) in [7, 11) is 0. The number of hydrogen-bond donors (Lipinski definition) is 1. The van der Waals surface area contributed by atoms with E-state index in [0.717, 1.165) is 12.5 Å². The van der Waals surface area contributed by atoms with Crippen molar-refractivity contribution in [1.29, 1.82) is 0 Å². The zero-order valence-corrected chi connectivity index (χ0v) is 12.8. The lowest BCUT2D eigenvalue weighted by Crippen LogP contribution is -2.44. The minimum Gasteiger partial charge on any atom is -0.370 e. The zero-order chi connectivity index (χ0) is 13.8. The molecule has 2 nitrogen and oxygen atoms in total. The van der Waals surface area contributed by atoms with Gasteiger partial charge in [-0.1, -0.05) is 44.4 Å². The Bertz CT molecular complexity index is 423. The van der Waals surface area contributed by atoms with Crippen molar-refractivity contribution in [2.24, 2.45) is 5.92 Å². The molecular formula is C18H28N2. The summed E-state index contributed by atoms with van der Waals surface area (Å²) in [5.41, 5.74) is 2.93. The Morgan fingerprint density at radius 1 is 1.15 bits per heavy atom. The van der Waals surface area contributed by atoms with Crippen molar-refractivity contribution in [3.63, 3.8) is 0 Å². The first-order chi connectivity index (χ1) is 9.88. The van der Waals surface area contributed by atoms with Crippen LogP contribution in [-0.4, -0.2) is 19.1 Å². The van der Waals surface area contributed by atoms with Gasteiger partial charge in [0, 0.05) is 31.4 Å². The second-order valence-corrected chi connectivity index (χ2v) is 6.46. The molecule has 1 heterocycles. The summed E-state index contributed by atoms with van der Waals surface area (Å²) in [6, 6.07) is 9.62. The summed E-state index contributed by atoms with van der Waals surface area (Å²) in [6.07, 6.45) is 8.39. The number of para-hydroxylation sites is 1. The van der Waals surface area contributed by atoms with E-state index in [-0.39, 0.29) is 0 Å². The fourth-order valence-electron chi connectivity index (χ4n) is 3.94. The molecule has 0 aromatic heterocycles. The molecular weight excluding hydrogens is 244 g/mol. The van der Waals surface area contributed by atoms with E-state index in [1.807, 2.05) is 0 Å². The van der Waals surface area contributed by atoms with Crippen LogP contribution in [0.5, 0.6) is 0 Å². The molecule has 1 atom stereocenters. The van der Waals surface area contributed by atoms with E-state index < -0.39 is 0 Å². The second kappa shape index (κ2) is 6.62. The smallest absolute Gasteiger partial charge is 0.0412 e. The maximum atomic E-state index is 3.85. The monoisotopic (exact) mass is 272 g/mol. The molecule has 1 aromatic carbocycles. The van der Waals surface area contributed by atoms with Gasteiger partial charge in [-0.2, -0.15) is 0 Å². The van der Waals surface area contributed by atoms with Crippen LogP contribution in [0.3, 0.4) is 0 Å². The molecule has 1 aliphatic carbocycles. The zero-order valence-electron chi connectivity index (χ0n) is 12.8. The van der Waals surface area contributed by atoms with Gasteiger partial charge in [-0.25, -0.2) is 0 Å². The SMILES string of the molecule is CCCN1CC(C2CCCCC2)NCc2ccccc21. The van der Waals surface area contributed by atoms with Gasteiger partial charge in [0.1, 0.15) is 0 Å². The first-order valence-corrected chi connectivity index (χ1v) is 8.44. The van der Waals surface area contributed by atoms with E-state index in [0.29, 0.717) is 6.04 Å². The fraction of sp³-hybridized carbons (Fsp3) is 0.667. The van der Waals surface area contributed by atoms with Gasteiger partial charge in [0.05, 0.1) is 0 Å². The molecule has 1 aromatic rings. The molecule has 2 heteroatoms. The standard InChI is InChI=1S/C18H28N2/c1-2-12-20-14-17(15-8-4-3-5-9-15)19-13-16-10-6-7-11-18(16)20/h6-7,10-11,15,17,19H,2-5,8-9,12-14H2,1H3. The lowest BCUT2D eigenvalue weighted by Gasteiger charge is -2.34. The van der Waals surface area contributed by atoms with E-state index in [1.165, 1.54) is 62.9 Å². The van der Waals surface area contributed by atoms with Crippen LogP contribution in [0.25, 0.3) is 0 Å². The lowest BCUT2D eigenvalue weighted by molar-refractivity contribution is 0.271. The fourth-order valence-corrected chi connectivity index (χ4v) is 3.94. The van der Waals surface area contributed by atoms with Gasteiger partial charge in [-0.3, -0.25) is 0 Å². The van der Waals surface area contributed by atoms with Gasteiger partial charge in [0.25, 0.3) is 0 Å². The van der Waals surface area contributed by atoms with Gasteiger partial charge in [0.2, 0.25) is 0 Å². The maximum absolute atomic E-state index is 3.85. The highest BCUT2D eigenvalue weighted by molar-refractivity contribution is 5.54. The van der Waals surface area contributed by atoms with Gasteiger partial charge in [-0.05, 0) is 36.8 Å². The summed E-state index contributed by atoms with van der Waals surface area (Å²) in [5, 5.41) is 3.85. The minimum absolute atomic E-state index is 0.675. The Hall–Kier alpha value is -1.02. The van der Waals surface area contributed by atoms with Crippen molar-refractivity contribution in [2.45, 2.75) is 58.0 Å². The summed E-state index contributed by atoms with van der Waals surface area (Å²) < 4.78 is 0. The molecule has 110 valence electrons. The third-order valence-electron chi connectivity index (χ3n) is 5.02. The van der Waals surface area contributed by atoms with Crippen LogP contribution in [0.2, 0.25) is 0 Å². The molecule has 1 N–H and O–H groups in total. The van der Waals surface area contributed by atoms with Gasteiger partial charge in [-0.15, -0.1) is 0 Å². The highest BCUT2D eigenvalue weighted by Gasteiger charge is 2.28. The van der Waals surface area contributed by atoms with E-state index >= 15 is 0 Å². The molecule has 0 saturated heterocycles. The molecule has 3 rings (SSSR count). The molecule has 1 unspecified atom stereocenters. The predicted molar refractivity (Wildman–Crippen MR) is 86.1 cm³/mol. The van der Waals surface area contributed by atoms with Crippen molar-refractivity contribution in [1.82, 2.24) is 5.32 Å². The second-order valence-electron chi connectivity index (χ2n) is 6.46. The third kappa shape index (κ3) is 3.01. The average molecular weight is 272 g/mol. The number of nitrogens with zero attached hydrogens (tertiary/aromatic N) is 1. The van der Waals surface area contributed by atoms with E-state index in [9.17, 15) is 0 Å². The maximum Gasteiger partial charge on any atom is 0.0412 e. The molecule has 0 radical (unpaired) electrons. The quantitative estimate of drug-likeness (QED) is 0.896. The van der Waals surface area contributed by atoms with Crippen LogP contribution in [0.4, 0.5) is 5.69 Å². The third-order valence-corrected chi connectivity index (χ3v) is 5.02. The van der Waals surface area contributed by atoms with Crippen LogP contribution in [0.15, 0.2) is 24.3 Å². The van der Waals surface area contributed by atoms with Crippen LogP contribution in [-0.2, 0) is 6.54 Å². The van der Waals surface area contributed by atoms with Crippen molar-refractivity contribution < 1.29 is 0 Å². The van der Waals surface area contributed by atoms with Crippen LogP contribution in [0.1, 0.15) is 51.0 Å². The largest absolute Gasteiger partial charge is 0.370 e. The van der Waals surface area contributed by atoms with Crippen molar-refractivity contribution >= 4 is 5.69 Å². The first-order valence-electron chi connectivity index (χ1n) is 8.44. The van der Waals surface area contributed by atoms with Gasteiger partial charge >= 0.3 is 0 Å². The summed E-state index contributed by atoms with van der Waals surface area (Å²) in [5.74, 6) is 0.886. The number of hydrogen-bond acceptors (Lipinski definition) is 2. The molecule has 1 aliphatic heterocycles. The summed E-state index contributed by atoms with van der Waals surface area (Å²) in [4.78, 5) is 2.62. The number of rotatable bonds is 3. The summed E-state index contributed by atoms with van der Waals surface area (Å²) >= 11 is 0. The topological polar surface area (TPSA) is 15.3 Å². The van der Waals surface area contributed by atoms with E-state index in [1.54, 1.807) is 0 Å². The Kier molecular flexibility index (Phi) is 4.62. The van der Waals surface area contributed by atoms with Crippen LogP contribution in [0, 0.1) is 5.92 Å². The molecule has 0 spiro atoms. The van der Waals surface area contributed by atoms with Crippen molar-refractivity contribution in [2.75, 3.05) is 18.0 Å².